The number of amides is 1. The summed E-state index contributed by atoms with van der Waals surface area (Å²) in [6.45, 7) is 4.24. The van der Waals surface area contributed by atoms with Gasteiger partial charge in [0.25, 0.3) is 0 Å². The van der Waals surface area contributed by atoms with Gasteiger partial charge in [-0.3, -0.25) is 4.79 Å². The standard InChI is InChI=1S/C23H19F3N2O/c1-12(2)14-6-7-15-20(10-14)28(11-13-8-17(24)22(26)18(25)9-13)19-5-3-4-16(21(15)19)23(27)29/h3-10,12H,11H2,1-2H3,(H2,27,29). The molecule has 0 aliphatic carbocycles. The van der Waals surface area contributed by atoms with Gasteiger partial charge in [-0.2, -0.15) is 0 Å². The third-order valence-corrected chi connectivity index (χ3v) is 5.23. The minimum absolute atomic E-state index is 0.109. The number of halogens is 3. The van der Waals surface area contributed by atoms with Gasteiger partial charge in [-0.1, -0.05) is 32.0 Å². The first-order valence-corrected chi connectivity index (χ1v) is 9.26. The fourth-order valence-corrected chi connectivity index (χ4v) is 3.78. The van der Waals surface area contributed by atoms with Crippen molar-refractivity contribution in [1.82, 2.24) is 4.57 Å². The van der Waals surface area contributed by atoms with E-state index < -0.39 is 23.4 Å². The Bertz CT molecular complexity index is 1250. The smallest absolute Gasteiger partial charge is 0.249 e. The van der Waals surface area contributed by atoms with Crippen molar-refractivity contribution < 1.29 is 18.0 Å². The summed E-state index contributed by atoms with van der Waals surface area (Å²) in [5.41, 5.74) is 8.83. The molecular formula is C23H19F3N2O. The van der Waals surface area contributed by atoms with Crippen LogP contribution in [0.2, 0.25) is 0 Å². The highest BCUT2D eigenvalue weighted by molar-refractivity contribution is 6.18. The van der Waals surface area contributed by atoms with Gasteiger partial charge in [0.15, 0.2) is 17.5 Å². The van der Waals surface area contributed by atoms with E-state index in [-0.39, 0.29) is 18.0 Å². The number of hydrogen-bond acceptors (Lipinski definition) is 1. The molecule has 0 spiro atoms. The normalized spacial score (nSPS) is 11.7. The lowest BCUT2D eigenvalue weighted by Crippen LogP contribution is -2.11. The molecule has 0 aliphatic rings. The van der Waals surface area contributed by atoms with Gasteiger partial charge in [0.05, 0.1) is 5.52 Å². The zero-order chi connectivity index (χ0) is 20.9. The van der Waals surface area contributed by atoms with Gasteiger partial charge in [0, 0.05) is 28.4 Å². The lowest BCUT2D eigenvalue weighted by Gasteiger charge is -2.11. The molecule has 3 nitrogen and oxygen atoms in total. The fraction of sp³-hybridized carbons (Fsp3) is 0.174. The minimum atomic E-state index is -1.49. The number of aromatic nitrogens is 1. The highest BCUT2D eigenvalue weighted by Gasteiger charge is 2.18. The summed E-state index contributed by atoms with van der Waals surface area (Å²) in [5, 5.41) is 1.51. The molecule has 1 aromatic heterocycles. The molecule has 0 unspecified atom stereocenters. The number of benzene rings is 3. The van der Waals surface area contributed by atoms with E-state index in [1.165, 1.54) is 0 Å². The average Bonchev–Trinajstić information content (AvgIpc) is 2.99. The molecule has 3 aromatic carbocycles. The number of fused-ring (bicyclic) bond motifs is 3. The molecule has 2 N–H and O–H groups in total. The van der Waals surface area contributed by atoms with E-state index in [4.69, 9.17) is 5.73 Å². The van der Waals surface area contributed by atoms with Crippen LogP contribution in [-0.2, 0) is 6.54 Å². The second kappa shape index (κ2) is 6.95. The molecule has 1 amide bonds. The summed E-state index contributed by atoms with van der Waals surface area (Å²) in [6, 6.07) is 13.1. The van der Waals surface area contributed by atoms with Crippen LogP contribution in [0.5, 0.6) is 0 Å². The Labute approximate surface area is 165 Å². The van der Waals surface area contributed by atoms with E-state index in [9.17, 15) is 18.0 Å². The SMILES string of the molecule is CC(C)c1ccc2c3c(C(N)=O)cccc3n(Cc3cc(F)c(F)c(F)c3)c2c1. The highest BCUT2D eigenvalue weighted by Crippen LogP contribution is 2.34. The maximum absolute atomic E-state index is 13.8. The van der Waals surface area contributed by atoms with Gasteiger partial charge in [-0.15, -0.1) is 0 Å². The van der Waals surface area contributed by atoms with Crippen molar-refractivity contribution in [2.24, 2.45) is 5.73 Å². The van der Waals surface area contributed by atoms with Crippen LogP contribution in [0.3, 0.4) is 0 Å². The fourth-order valence-electron chi connectivity index (χ4n) is 3.78. The number of nitrogens with two attached hydrogens (primary N) is 1. The second-order valence-corrected chi connectivity index (χ2v) is 7.45. The Morgan fingerprint density at radius 1 is 1.00 bits per heavy atom. The molecule has 0 aliphatic heterocycles. The second-order valence-electron chi connectivity index (χ2n) is 7.45. The summed E-state index contributed by atoms with van der Waals surface area (Å²) in [4.78, 5) is 12.0. The van der Waals surface area contributed by atoms with E-state index in [0.29, 0.717) is 16.5 Å². The molecule has 0 bridgehead atoms. The number of nitrogens with zero attached hydrogens (tertiary/aromatic N) is 1. The van der Waals surface area contributed by atoms with Gasteiger partial charge >= 0.3 is 0 Å². The van der Waals surface area contributed by atoms with Gasteiger partial charge in [0.2, 0.25) is 5.91 Å². The summed E-state index contributed by atoms with van der Waals surface area (Å²) >= 11 is 0. The van der Waals surface area contributed by atoms with E-state index in [0.717, 1.165) is 28.6 Å². The molecule has 0 fully saturated rings. The number of rotatable bonds is 4. The van der Waals surface area contributed by atoms with E-state index in [1.807, 2.05) is 28.8 Å². The molecule has 0 radical (unpaired) electrons. The van der Waals surface area contributed by atoms with Crippen molar-refractivity contribution in [2.45, 2.75) is 26.3 Å². The number of primary amides is 1. The maximum atomic E-state index is 13.8. The number of carbonyl (C=O) groups excluding carboxylic acids is 1. The lowest BCUT2D eigenvalue weighted by molar-refractivity contribution is 0.100. The van der Waals surface area contributed by atoms with Crippen molar-refractivity contribution in [3.8, 4) is 0 Å². The Hall–Kier alpha value is -3.28. The van der Waals surface area contributed by atoms with E-state index in [2.05, 4.69) is 13.8 Å². The monoisotopic (exact) mass is 396 g/mol. The molecular weight excluding hydrogens is 377 g/mol. The van der Waals surface area contributed by atoms with Gasteiger partial charge in [0.1, 0.15) is 0 Å². The first-order chi connectivity index (χ1) is 13.8. The van der Waals surface area contributed by atoms with Crippen LogP contribution in [0.25, 0.3) is 21.8 Å². The molecule has 4 aromatic rings. The summed E-state index contributed by atoms with van der Waals surface area (Å²) < 4.78 is 42.7. The first-order valence-electron chi connectivity index (χ1n) is 9.26. The van der Waals surface area contributed by atoms with Gasteiger partial charge in [-0.05, 0) is 47.4 Å². The minimum Gasteiger partial charge on any atom is -0.366 e. The zero-order valence-electron chi connectivity index (χ0n) is 16.0. The Morgan fingerprint density at radius 2 is 1.69 bits per heavy atom. The molecule has 0 saturated carbocycles. The topological polar surface area (TPSA) is 48.0 Å². The van der Waals surface area contributed by atoms with Crippen LogP contribution in [0.15, 0.2) is 48.5 Å². The van der Waals surface area contributed by atoms with Crippen molar-refractivity contribution in [1.29, 1.82) is 0 Å². The van der Waals surface area contributed by atoms with Crippen LogP contribution in [0.4, 0.5) is 13.2 Å². The molecule has 4 rings (SSSR count). The predicted octanol–water partition coefficient (Wildman–Crippen LogP) is 5.48. The maximum Gasteiger partial charge on any atom is 0.249 e. The van der Waals surface area contributed by atoms with Crippen LogP contribution in [0.1, 0.15) is 41.3 Å². The average molecular weight is 396 g/mol. The van der Waals surface area contributed by atoms with Crippen LogP contribution in [-0.4, -0.2) is 10.5 Å². The Kier molecular flexibility index (Phi) is 4.57. The van der Waals surface area contributed by atoms with Crippen molar-refractivity contribution in [3.63, 3.8) is 0 Å². The van der Waals surface area contributed by atoms with E-state index in [1.54, 1.807) is 12.1 Å². The molecule has 6 heteroatoms. The summed E-state index contributed by atoms with van der Waals surface area (Å²) in [6.07, 6.45) is 0. The molecule has 0 atom stereocenters. The number of hydrogen-bond donors (Lipinski definition) is 1. The molecule has 148 valence electrons. The zero-order valence-corrected chi connectivity index (χ0v) is 16.0. The van der Waals surface area contributed by atoms with Crippen molar-refractivity contribution in [3.05, 3.63) is 82.7 Å². The van der Waals surface area contributed by atoms with Crippen molar-refractivity contribution >= 4 is 27.7 Å². The van der Waals surface area contributed by atoms with Crippen molar-refractivity contribution in [2.75, 3.05) is 0 Å². The third-order valence-electron chi connectivity index (χ3n) is 5.23. The molecule has 1 heterocycles. The largest absolute Gasteiger partial charge is 0.366 e. The van der Waals surface area contributed by atoms with Gasteiger partial charge < -0.3 is 10.3 Å². The number of carbonyl (C=O) groups is 1. The van der Waals surface area contributed by atoms with E-state index >= 15 is 0 Å². The summed E-state index contributed by atoms with van der Waals surface area (Å²) in [7, 11) is 0. The van der Waals surface area contributed by atoms with Crippen LogP contribution >= 0.6 is 0 Å². The van der Waals surface area contributed by atoms with Crippen LogP contribution in [0, 0.1) is 17.5 Å². The Balaban J connectivity index is 2.03. The first kappa shape index (κ1) is 19.1. The highest BCUT2D eigenvalue weighted by atomic mass is 19.2. The Morgan fingerprint density at radius 3 is 2.31 bits per heavy atom. The third kappa shape index (κ3) is 3.14. The predicted molar refractivity (Wildman–Crippen MR) is 107 cm³/mol. The summed E-state index contributed by atoms with van der Waals surface area (Å²) in [5.74, 6) is -4.25. The lowest BCUT2D eigenvalue weighted by atomic mass is 10.00. The van der Waals surface area contributed by atoms with Crippen LogP contribution < -0.4 is 5.73 Å². The van der Waals surface area contributed by atoms with Gasteiger partial charge in [-0.25, -0.2) is 13.2 Å². The molecule has 0 saturated heterocycles. The quantitative estimate of drug-likeness (QED) is 0.456. The molecule has 29 heavy (non-hydrogen) atoms.